The van der Waals surface area contributed by atoms with Gasteiger partial charge in [0.25, 0.3) is 0 Å². The van der Waals surface area contributed by atoms with Gasteiger partial charge in [-0.15, -0.1) is 11.3 Å². The number of rotatable bonds is 1. The molecule has 0 saturated carbocycles. The Morgan fingerprint density at radius 1 is 1.10 bits per heavy atom. The van der Waals surface area contributed by atoms with E-state index in [0.29, 0.717) is 27.8 Å². The summed E-state index contributed by atoms with van der Waals surface area (Å²) in [5.74, 6) is 0.933. The lowest BCUT2D eigenvalue weighted by molar-refractivity contribution is 0.281. The third kappa shape index (κ3) is 1.93. The van der Waals surface area contributed by atoms with E-state index in [2.05, 4.69) is 4.98 Å². The van der Waals surface area contributed by atoms with Gasteiger partial charge in [0, 0.05) is 11.1 Å². The Balaban J connectivity index is 2.08. The van der Waals surface area contributed by atoms with E-state index in [4.69, 9.17) is 4.74 Å². The summed E-state index contributed by atoms with van der Waals surface area (Å²) in [6, 6.07) is 12.0. The van der Waals surface area contributed by atoms with E-state index in [1.807, 2.05) is 24.3 Å². The summed E-state index contributed by atoms with van der Waals surface area (Å²) in [4.78, 5) is 5.32. The average Bonchev–Trinajstić information content (AvgIpc) is 2.89. The molecule has 1 aliphatic rings. The molecule has 0 amide bonds. The molecule has 104 valence electrons. The molecule has 0 unspecified atom stereocenters. The Kier molecular flexibility index (Phi) is 2.77. The van der Waals surface area contributed by atoms with E-state index in [1.54, 1.807) is 6.07 Å². The van der Waals surface area contributed by atoms with Crippen molar-refractivity contribution in [3.63, 3.8) is 0 Å². The Hall–Kier alpha value is -2.24. The summed E-state index contributed by atoms with van der Waals surface area (Å²) in [6.45, 7) is -0.134. The highest BCUT2D eigenvalue weighted by molar-refractivity contribution is 7.15. The third-order valence-corrected chi connectivity index (χ3v) is 4.43. The SMILES string of the molecule is OCc1nc2c(s1)-c1ccccc1Oc1ccc(F)cc1-2. The zero-order valence-electron chi connectivity index (χ0n) is 10.8. The zero-order valence-corrected chi connectivity index (χ0v) is 11.7. The molecule has 0 radical (unpaired) electrons. The van der Waals surface area contributed by atoms with Crippen molar-refractivity contribution >= 4 is 11.3 Å². The Morgan fingerprint density at radius 2 is 1.90 bits per heavy atom. The molecule has 1 aliphatic heterocycles. The average molecular weight is 299 g/mol. The van der Waals surface area contributed by atoms with E-state index >= 15 is 0 Å². The van der Waals surface area contributed by atoms with Gasteiger partial charge in [0.15, 0.2) is 0 Å². The number of aliphatic hydroxyl groups excluding tert-OH is 1. The maximum absolute atomic E-state index is 13.6. The van der Waals surface area contributed by atoms with Gasteiger partial charge >= 0.3 is 0 Å². The normalized spacial score (nSPS) is 11.9. The van der Waals surface area contributed by atoms with E-state index in [-0.39, 0.29) is 12.4 Å². The molecule has 0 bridgehead atoms. The van der Waals surface area contributed by atoms with Crippen molar-refractivity contribution in [2.75, 3.05) is 0 Å². The maximum atomic E-state index is 13.6. The molecule has 3 nitrogen and oxygen atoms in total. The van der Waals surface area contributed by atoms with Crippen LogP contribution in [0.25, 0.3) is 21.7 Å². The van der Waals surface area contributed by atoms with Gasteiger partial charge in [0.1, 0.15) is 22.3 Å². The lowest BCUT2D eigenvalue weighted by atomic mass is 10.1. The number of hydrogen-bond donors (Lipinski definition) is 1. The first-order valence-corrected chi connectivity index (χ1v) is 7.25. The number of thiazole rings is 1. The van der Waals surface area contributed by atoms with Gasteiger partial charge in [0.05, 0.1) is 17.2 Å². The van der Waals surface area contributed by atoms with E-state index < -0.39 is 0 Å². The van der Waals surface area contributed by atoms with Crippen LogP contribution < -0.4 is 4.74 Å². The number of nitrogens with zero attached hydrogens (tertiary/aromatic N) is 1. The van der Waals surface area contributed by atoms with Crippen LogP contribution in [0, 0.1) is 5.82 Å². The van der Waals surface area contributed by atoms with Crippen LogP contribution in [-0.4, -0.2) is 10.1 Å². The molecule has 0 spiro atoms. The Labute approximate surface area is 124 Å². The second kappa shape index (κ2) is 4.65. The second-order valence-electron chi connectivity index (χ2n) is 4.68. The first-order valence-electron chi connectivity index (χ1n) is 6.44. The predicted octanol–water partition coefficient (Wildman–Crippen LogP) is 4.21. The fourth-order valence-corrected chi connectivity index (χ4v) is 3.40. The molecule has 2 aromatic carbocycles. The monoisotopic (exact) mass is 299 g/mol. The fraction of sp³-hybridized carbons (Fsp3) is 0.0625. The molecule has 3 aromatic rings. The summed E-state index contributed by atoms with van der Waals surface area (Å²) >= 11 is 1.40. The van der Waals surface area contributed by atoms with Gasteiger partial charge in [-0.25, -0.2) is 9.37 Å². The number of fused-ring (bicyclic) bond motifs is 5. The number of aromatic nitrogens is 1. The Bertz CT molecular complexity index is 844. The van der Waals surface area contributed by atoms with Gasteiger partial charge in [-0.1, -0.05) is 12.1 Å². The molecular weight excluding hydrogens is 289 g/mol. The summed E-state index contributed by atoms with van der Waals surface area (Å²) in [5, 5.41) is 9.95. The van der Waals surface area contributed by atoms with E-state index in [9.17, 15) is 9.50 Å². The standard InChI is InChI=1S/C16H10FNO2S/c17-9-5-6-13-11(7-9)15-16(21-14(8-19)18-15)10-3-1-2-4-12(10)20-13/h1-7,19H,8H2. The number of benzene rings is 2. The van der Waals surface area contributed by atoms with Crippen molar-refractivity contribution in [3.8, 4) is 33.2 Å². The zero-order chi connectivity index (χ0) is 14.4. The van der Waals surface area contributed by atoms with E-state index in [1.165, 1.54) is 23.5 Å². The van der Waals surface area contributed by atoms with Crippen molar-refractivity contribution in [2.45, 2.75) is 6.61 Å². The smallest absolute Gasteiger partial charge is 0.137 e. The van der Waals surface area contributed by atoms with E-state index in [0.717, 1.165) is 10.4 Å². The summed E-state index contributed by atoms with van der Waals surface area (Å²) in [7, 11) is 0. The molecule has 1 aromatic heterocycles. The molecule has 0 atom stereocenters. The van der Waals surface area contributed by atoms with Crippen LogP contribution in [0.1, 0.15) is 5.01 Å². The molecule has 0 fully saturated rings. The predicted molar refractivity (Wildman–Crippen MR) is 78.9 cm³/mol. The highest BCUT2D eigenvalue weighted by atomic mass is 32.1. The van der Waals surface area contributed by atoms with Crippen LogP contribution in [0.2, 0.25) is 0 Å². The minimum atomic E-state index is -0.340. The fourth-order valence-electron chi connectivity index (χ4n) is 2.44. The van der Waals surface area contributed by atoms with Gasteiger partial charge in [-0.3, -0.25) is 0 Å². The van der Waals surface area contributed by atoms with Crippen molar-refractivity contribution in [2.24, 2.45) is 0 Å². The number of aliphatic hydroxyl groups is 1. The lowest BCUT2D eigenvalue weighted by Crippen LogP contribution is -1.88. The highest BCUT2D eigenvalue weighted by Gasteiger charge is 2.24. The first kappa shape index (κ1) is 12.5. The number of halogens is 1. The summed E-state index contributed by atoms with van der Waals surface area (Å²) < 4.78 is 19.5. The van der Waals surface area contributed by atoms with Gasteiger partial charge in [0.2, 0.25) is 0 Å². The van der Waals surface area contributed by atoms with Crippen LogP contribution in [0.4, 0.5) is 4.39 Å². The van der Waals surface area contributed by atoms with Crippen LogP contribution in [0.5, 0.6) is 11.5 Å². The lowest BCUT2D eigenvalue weighted by Gasteiger charge is -2.08. The highest BCUT2D eigenvalue weighted by Crippen LogP contribution is 2.48. The molecule has 5 heteroatoms. The quantitative estimate of drug-likeness (QED) is 0.572. The van der Waals surface area contributed by atoms with Gasteiger partial charge in [-0.2, -0.15) is 0 Å². The minimum Gasteiger partial charge on any atom is -0.456 e. The van der Waals surface area contributed by atoms with Crippen molar-refractivity contribution in [1.29, 1.82) is 0 Å². The van der Waals surface area contributed by atoms with Crippen molar-refractivity contribution in [3.05, 3.63) is 53.3 Å². The molecule has 0 aliphatic carbocycles. The molecule has 21 heavy (non-hydrogen) atoms. The first-order chi connectivity index (χ1) is 10.3. The van der Waals surface area contributed by atoms with Gasteiger partial charge in [-0.05, 0) is 30.3 Å². The van der Waals surface area contributed by atoms with Crippen LogP contribution in [-0.2, 0) is 6.61 Å². The van der Waals surface area contributed by atoms with Crippen LogP contribution >= 0.6 is 11.3 Å². The second-order valence-corrected chi connectivity index (χ2v) is 5.77. The number of hydrogen-bond acceptors (Lipinski definition) is 4. The molecule has 2 heterocycles. The number of ether oxygens (including phenoxy) is 1. The largest absolute Gasteiger partial charge is 0.456 e. The summed E-state index contributed by atoms with van der Waals surface area (Å²) in [5.41, 5.74) is 2.17. The van der Waals surface area contributed by atoms with Crippen LogP contribution in [0.15, 0.2) is 42.5 Å². The number of para-hydroxylation sites is 1. The van der Waals surface area contributed by atoms with Crippen LogP contribution in [0.3, 0.4) is 0 Å². The molecule has 4 rings (SSSR count). The molecular formula is C16H10FNO2S. The molecule has 1 N–H and O–H groups in total. The molecule has 0 saturated heterocycles. The topological polar surface area (TPSA) is 42.4 Å². The maximum Gasteiger partial charge on any atom is 0.137 e. The summed E-state index contributed by atoms with van der Waals surface area (Å²) in [6.07, 6.45) is 0. The Morgan fingerprint density at radius 3 is 2.76 bits per heavy atom. The third-order valence-electron chi connectivity index (χ3n) is 3.36. The van der Waals surface area contributed by atoms with Crippen molar-refractivity contribution in [1.82, 2.24) is 4.98 Å². The van der Waals surface area contributed by atoms with Crippen molar-refractivity contribution < 1.29 is 14.2 Å². The minimum absolute atomic E-state index is 0.134. The van der Waals surface area contributed by atoms with Gasteiger partial charge < -0.3 is 9.84 Å².